The summed E-state index contributed by atoms with van der Waals surface area (Å²) in [6.45, 7) is 1.17. The van der Waals surface area contributed by atoms with Gasteiger partial charge in [-0.2, -0.15) is 4.98 Å². The lowest BCUT2D eigenvalue weighted by Crippen LogP contribution is -2.31. The van der Waals surface area contributed by atoms with E-state index >= 15 is 0 Å². The van der Waals surface area contributed by atoms with Crippen molar-refractivity contribution in [3.63, 3.8) is 0 Å². The van der Waals surface area contributed by atoms with Crippen LogP contribution in [0.15, 0.2) is 59.1 Å². The summed E-state index contributed by atoms with van der Waals surface area (Å²) in [4.78, 5) is 33.6. The van der Waals surface area contributed by atoms with Gasteiger partial charge in [-0.1, -0.05) is 47.6 Å². The molecule has 0 radical (unpaired) electrons. The number of methoxy groups -OCH3 is 1. The number of amides is 2. The monoisotopic (exact) mass is 448 g/mol. The molecule has 1 unspecified atom stereocenters. The van der Waals surface area contributed by atoms with E-state index in [-0.39, 0.29) is 24.3 Å². The molecule has 172 valence electrons. The molecule has 8 heteroatoms. The van der Waals surface area contributed by atoms with E-state index in [4.69, 9.17) is 9.26 Å². The second-order valence-electron chi connectivity index (χ2n) is 8.14. The van der Waals surface area contributed by atoms with E-state index in [9.17, 15) is 9.59 Å². The van der Waals surface area contributed by atoms with Crippen molar-refractivity contribution in [2.75, 3.05) is 20.7 Å². The zero-order valence-electron chi connectivity index (χ0n) is 18.9. The minimum absolute atomic E-state index is 0.00689. The predicted octanol–water partition coefficient (Wildman–Crippen LogP) is 3.65. The Bertz CT molecular complexity index is 1100. The minimum atomic E-state index is -0.253. The second-order valence-corrected chi connectivity index (χ2v) is 8.14. The smallest absolute Gasteiger partial charge is 0.258 e. The summed E-state index contributed by atoms with van der Waals surface area (Å²) >= 11 is 0. The lowest BCUT2D eigenvalue weighted by Gasteiger charge is -2.23. The van der Waals surface area contributed by atoms with Gasteiger partial charge in [-0.15, -0.1) is 0 Å². The van der Waals surface area contributed by atoms with Crippen LogP contribution in [0.4, 0.5) is 0 Å². The topological polar surface area (TPSA) is 88.8 Å². The summed E-state index contributed by atoms with van der Waals surface area (Å²) < 4.78 is 10.8. The van der Waals surface area contributed by atoms with Gasteiger partial charge in [-0.25, -0.2) is 0 Å². The van der Waals surface area contributed by atoms with Crippen molar-refractivity contribution in [3.8, 4) is 5.75 Å². The first-order chi connectivity index (χ1) is 16.1. The van der Waals surface area contributed by atoms with E-state index in [1.807, 2.05) is 42.5 Å². The molecule has 0 spiro atoms. The van der Waals surface area contributed by atoms with Crippen molar-refractivity contribution in [1.29, 1.82) is 0 Å². The van der Waals surface area contributed by atoms with Crippen molar-refractivity contribution in [1.82, 2.24) is 19.9 Å². The van der Waals surface area contributed by atoms with Gasteiger partial charge >= 0.3 is 0 Å². The summed E-state index contributed by atoms with van der Waals surface area (Å²) in [6, 6.07) is 16.8. The summed E-state index contributed by atoms with van der Waals surface area (Å²) in [6.07, 6.45) is 2.26. The number of para-hydroxylation sites is 1. The van der Waals surface area contributed by atoms with Crippen LogP contribution in [0.25, 0.3) is 0 Å². The standard InChI is InChI=1S/C25H28N4O4/c1-28(17-18-9-4-3-5-10-18)23(30)15-14-22-26-24(27-33-22)20-12-8-16-29(20)25(31)19-11-6-7-13-21(19)32-2/h3-7,9-11,13,20H,8,12,14-17H2,1-2H3. The quantitative estimate of drug-likeness (QED) is 0.523. The Morgan fingerprint density at radius 2 is 1.91 bits per heavy atom. The highest BCUT2D eigenvalue weighted by Gasteiger charge is 2.34. The molecule has 0 N–H and O–H groups in total. The molecule has 2 aromatic carbocycles. The Balaban J connectivity index is 1.37. The summed E-state index contributed by atoms with van der Waals surface area (Å²) in [5.41, 5.74) is 1.59. The highest BCUT2D eigenvalue weighted by atomic mass is 16.5. The van der Waals surface area contributed by atoms with Crippen LogP contribution in [0.3, 0.4) is 0 Å². The minimum Gasteiger partial charge on any atom is -0.496 e. The van der Waals surface area contributed by atoms with Crippen molar-refractivity contribution < 1.29 is 18.8 Å². The molecule has 8 nitrogen and oxygen atoms in total. The molecule has 0 bridgehead atoms. The molecule has 3 aromatic rings. The zero-order chi connectivity index (χ0) is 23.2. The average molecular weight is 449 g/mol. The second kappa shape index (κ2) is 10.3. The highest BCUT2D eigenvalue weighted by molar-refractivity contribution is 5.97. The number of carbonyl (C=O) groups excluding carboxylic acids is 2. The Labute approximate surface area is 193 Å². The number of benzene rings is 2. The summed E-state index contributed by atoms with van der Waals surface area (Å²) in [5.74, 6) is 1.32. The molecule has 1 aliphatic heterocycles. The largest absolute Gasteiger partial charge is 0.496 e. The predicted molar refractivity (Wildman–Crippen MR) is 122 cm³/mol. The number of hydrogen-bond acceptors (Lipinski definition) is 6. The van der Waals surface area contributed by atoms with Crippen LogP contribution in [0, 0.1) is 0 Å². The first-order valence-corrected chi connectivity index (χ1v) is 11.1. The molecule has 2 amide bonds. The van der Waals surface area contributed by atoms with Gasteiger partial charge in [0.1, 0.15) is 5.75 Å². The van der Waals surface area contributed by atoms with Gasteiger partial charge in [0.05, 0.1) is 18.7 Å². The molecule has 2 heterocycles. The molecule has 33 heavy (non-hydrogen) atoms. The Hall–Kier alpha value is -3.68. The number of aryl methyl sites for hydroxylation is 1. The molecule has 0 aliphatic carbocycles. The van der Waals surface area contributed by atoms with E-state index in [0.717, 1.165) is 18.4 Å². The molecule has 1 atom stereocenters. The van der Waals surface area contributed by atoms with Gasteiger partial charge < -0.3 is 19.1 Å². The summed E-state index contributed by atoms with van der Waals surface area (Å²) in [5, 5.41) is 4.12. The summed E-state index contributed by atoms with van der Waals surface area (Å²) in [7, 11) is 3.34. The van der Waals surface area contributed by atoms with Gasteiger partial charge in [0.2, 0.25) is 11.8 Å². The van der Waals surface area contributed by atoms with Crippen molar-refractivity contribution in [2.24, 2.45) is 0 Å². The van der Waals surface area contributed by atoms with Gasteiger partial charge in [0.25, 0.3) is 5.91 Å². The van der Waals surface area contributed by atoms with Gasteiger partial charge in [-0.05, 0) is 30.5 Å². The molecule has 1 fully saturated rings. The van der Waals surface area contributed by atoms with E-state index in [0.29, 0.717) is 42.5 Å². The third-order valence-corrected chi connectivity index (χ3v) is 5.87. The first-order valence-electron chi connectivity index (χ1n) is 11.1. The maximum absolute atomic E-state index is 13.2. The Morgan fingerprint density at radius 1 is 1.15 bits per heavy atom. The number of carbonyl (C=O) groups is 2. The zero-order valence-corrected chi connectivity index (χ0v) is 18.9. The molecular weight excluding hydrogens is 420 g/mol. The average Bonchev–Trinajstić information content (AvgIpc) is 3.52. The Morgan fingerprint density at radius 3 is 2.70 bits per heavy atom. The van der Waals surface area contributed by atoms with Crippen LogP contribution >= 0.6 is 0 Å². The van der Waals surface area contributed by atoms with Crippen molar-refractivity contribution in [3.05, 3.63) is 77.4 Å². The fraction of sp³-hybridized carbons (Fsp3) is 0.360. The number of nitrogens with zero attached hydrogens (tertiary/aromatic N) is 4. The van der Waals surface area contributed by atoms with Crippen LogP contribution in [-0.4, -0.2) is 52.5 Å². The number of ether oxygens (including phenoxy) is 1. The normalized spacial score (nSPS) is 15.5. The molecule has 1 aromatic heterocycles. The van der Waals surface area contributed by atoms with Crippen LogP contribution in [0.5, 0.6) is 5.75 Å². The van der Waals surface area contributed by atoms with E-state index in [1.165, 1.54) is 0 Å². The van der Waals surface area contributed by atoms with Crippen LogP contribution in [0.2, 0.25) is 0 Å². The number of hydrogen-bond donors (Lipinski definition) is 0. The SMILES string of the molecule is COc1ccccc1C(=O)N1CCCC1c1noc(CCC(=O)N(C)Cc2ccccc2)n1. The lowest BCUT2D eigenvalue weighted by molar-refractivity contribution is -0.130. The highest BCUT2D eigenvalue weighted by Crippen LogP contribution is 2.33. The lowest BCUT2D eigenvalue weighted by atomic mass is 10.1. The number of aromatic nitrogens is 2. The number of likely N-dealkylation sites (tertiary alicyclic amines) is 1. The fourth-order valence-electron chi connectivity index (χ4n) is 4.11. The maximum atomic E-state index is 13.2. The Kier molecular flexibility index (Phi) is 7.02. The third kappa shape index (κ3) is 5.22. The molecular formula is C25H28N4O4. The van der Waals surface area contributed by atoms with Gasteiger partial charge in [-0.3, -0.25) is 9.59 Å². The van der Waals surface area contributed by atoms with Crippen LogP contribution < -0.4 is 4.74 Å². The molecule has 1 saturated heterocycles. The van der Waals surface area contributed by atoms with E-state index < -0.39 is 0 Å². The number of rotatable bonds is 8. The van der Waals surface area contributed by atoms with Crippen LogP contribution in [-0.2, 0) is 17.8 Å². The third-order valence-electron chi connectivity index (χ3n) is 5.87. The van der Waals surface area contributed by atoms with Crippen molar-refractivity contribution in [2.45, 2.75) is 38.3 Å². The van der Waals surface area contributed by atoms with E-state index in [1.54, 1.807) is 36.1 Å². The van der Waals surface area contributed by atoms with Crippen molar-refractivity contribution >= 4 is 11.8 Å². The maximum Gasteiger partial charge on any atom is 0.258 e. The molecule has 0 saturated carbocycles. The van der Waals surface area contributed by atoms with Crippen LogP contribution in [0.1, 0.15) is 52.9 Å². The molecule has 4 rings (SSSR count). The molecule has 1 aliphatic rings. The van der Waals surface area contributed by atoms with Gasteiger partial charge in [0.15, 0.2) is 5.82 Å². The first kappa shape index (κ1) is 22.5. The fourth-order valence-corrected chi connectivity index (χ4v) is 4.11. The van der Waals surface area contributed by atoms with E-state index in [2.05, 4.69) is 10.1 Å². The van der Waals surface area contributed by atoms with Gasteiger partial charge in [0, 0.05) is 33.0 Å².